The van der Waals surface area contributed by atoms with E-state index < -0.39 is 0 Å². The molecule has 0 aliphatic heterocycles. The van der Waals surface area contributed by atoms with Gasteiger partial charge in [-0.15, -0.1) is 0 Å². The Kier molecular flexibility index (Phi) is 7.14. The highest BCUT2D eigenvalue weighted by Gasteiger charge is 1.90. The van der Waals surface area contributed by atoms with Gasteiger partial charge in [0, 0.05) is 12.3 Å². The van der Waals surface area contributed by atoms with Gasteiger partial charge in [-0.1, -0.05) is 35.6 Å². The second-order valence-electron chi connectivity index (χ2n) is 2.06. The fraction of sp³-hybridized carbons (Fsp3) is 0.444. The minimum Gasteiger partial charge on any atom is -0.481 e. The average Bonchev–Trinajstić information content (AvgIpc) is 2.21. The van der Waals surface area contributed by atoms with Gasteiger partial charge in [0.25, 0.3) is 0 Å². The molecule has 0 radical (unpaired) electrons. The Balaban J connectivity index is 0.000000561. The largest absolute Gasteiger partial charge is 0.481 e. The number of ether oxygens (including phenoxy) is 1. The molecule has 0 aliphatic rings. The van der Waals surface area contributed by atoms with Crippen LogP contribution in [0.4, 0.5) is 0 Å². The lowest BCUT2D eigenvalue weighted by molar-refractivity contribution is 0.397. The highest BCUT2D eigenvalue weighted by molar-refractivity contribution is 14.1. The van der Waals surface area contributed by atoms with E-state index in [0.717, 1.165) is 6.42 Å². The molecule has 3 heteroatoms. The van der Waals surface area contributed by atoms with Crippen molar-refractivity contribution in [1.29, 1.82) is 0 Å². The van der Waals surface area contributed by atoms with Crippen LogP contribution in [0.1, 0.15) is 12.5 Å². The molecule has 2 nitrogen and oxygen atoms in total. The summed E-state index contributed by atoms with van der Waals surface area (Å²) in [5.41, 5.74) is 1.24. The summed E-state index contributed by atoms with van der Waals surface area (Å²) in [7, 11) is 1.62. The van der Waals surface area contributed by atoms with Gasteiger partial charge < -0.3 is 4.74 Å². The molecule has 1 aromatic heterocycles. The van der Waals surface area contributed by atoms with Crippen LogP contribution in [-0.4, -0.2) is 17.0 Å². The number of aromatic nitrogens is 1. The second-order valence-corrected chi connectivity index (χ2v) is 2.06. The summed E-state index contributed by atoms with van der Waals surface area (Å²) in [6, 6.07) is 3.89. The van der Waals surface area contributed by atoms with Gasteiger partial charge >= 0.3 is 0 Å². The van der Waals surface area contributed by atoms with Gasteiger partial charge in [-0.05, 0) is 16.9 Å². The van der Waals surface area contributed by atoms with Crippen LogP contribution in [0.25, 0.3) is 0 Å². The van der Waals surface area contributed by atoms with Crippen molar-refractivity contribution in [1.82, 2.24) is 4.98 Å². The van der Waals surface area contributed by atoms with Crippen molar-refractivity contribution in [3.63, 3.8) is 0 Å². The smallest absolute Gasteiger partial charge is 0.212 e. The van der Waals surface area contributed by atoms with E-state index in [2.05, 4.69) is 34.5 Å². The van der Waals surface area contributed by atoms with Gasteiger partial charge in [-0.3, -0.25) is 0 Å². The van der Waals surface area contributed by atoms with Crippen LogP contribution in [0.15, 0.2) is 18.3 Å². The molecule has 0 spiro atoms. The van der Waals surface area contributed by atoms with E-state index in [4.69, 9.17) is 4.74 Å². The summed E-state index contributed by atoms with van der Waals surface area (Å²) in [6.07, 6.45) is 2.86. The lowest BCUT2D eigenvalue weighted by Crippen LogP contribution is -1.87. The van der Waals surface area contributed by atoms with E-state index in [-0.39, 0.29) is 0 Å². The summed E-state index contributed by atoms with van der Waals surface area (Å²) in [5.74, 6) is 0.678. The minimum atomic E-state index is 0.678. The van der Waals surface area contributed by atoms with Crippen molar-refractivity contribution in [2.75, 3.05) is 12.0 Å². The zero-order chi connectivity index (χ0) is 9.40. The number of hydrogen-bond donors (Lipinski definition) is 0. The Bertz CT molecular complexity index is 175. The third-order valence-corrected chi connectivity index (χ3v) is 1.41. The number of pyridine rings is 1. The second kappa shape index (κ2) is 7.34. The predicted octanol–water partition coefficient (Wildman–Crippen LogP) is 2.70. The molecule has 0 bridgehead atoms. The van der Waals surface area contributed by atoms with Gasteiger partial charge in [-0.25, -0.2) is 4.98 Å². The van der Waals surface area contributed by atoms with E-state index in [1.807, 2.05) is 23.3 Å². The van der Waals surface area contributed by atoms with Gasteiger partial charge in [0.05, 0.1) is 7.11 Å². The van der Waals surface area contributed by atoms with Gasteiger partial charge in [0.2, 0.25) is 5.88 Å². The van der Waals surface area contributed by atoms with E-state index in [0.29, 0.717) is 5.88 Å². The van der Waals surface area contributed by atoms with Crippen molar-refractivity contribution >= 4 is 22.6 Å². The number of methoxy groups -OCH3 is 1. The Hall–Kier alpha value is -0.320. The first-order chi connectivity index (χ1) is 5.86. The van der Waals surface area contributed by atoms with Gasteiger partial charge in [-0.2, -0.15) is 0 Å². The highest BCUT2D eigenvalue weighted by Crippen LogP contribution is 2.06. The third kappa shape index (κ3) is 3.90. The predicted molar refractivity (Wildman–Crippen MR) is 60.1 cm³/mol. The molecule has 0 saturated heterocycles. The summed E-state index contributed by atoms with van der Waals surface area (Å²) in [6.45, 7) is 2.10. The third-order valence-electron chi connectivity index (χ3n) is 1.41. The average molecular weight is 279 g/mol. The molecule has 1 rings (SSSR count). The lowest BCUT2D eigenvalue weighted by atomic mass is 10.2. The maximum absolute atomic E-state index is 4.90. The standard InChI is InChI=1S/C8H11NO.CH3I/c1-3-7-4-5-8(10-2)9-6-7;1-2/h4-6H,3H2,1-2H3;1H3. The topological polar surface area (TPSA) is 22.1 Å². The quantitative estimate of drug-likeness (QED) is 0.613. The van der Waals surface area contributed by atoms with Crippen LogP contribution in [0.2, 0.25) is 0 Å². The lowest BCUT2D eigenvalue weighted by Gasteiger charge is -1.97. The zero-order valence-electron chi connectivity index (χ0n) is 7.67. The van der Waals surface area contributed by atoms with Crippen LogP contribution in [0.5, 0.6) is 5.88 Å². The molecule has 0 saturated carbocycles. The molecular formula is C9H14INO. The van der Waals surface area contributed by atoms with Crippen LogP contribution in [-0.2, 0) is 6.42 Å². The first kappa shape index (κ1) is 11.7. The molecule has 68 valence electrons. The number of alkyl halides is 1. The molecule has 0 aromatic carbocycles. The molecule has 1 heterocycles. The normalized spacial score (nSPS) is 8.33. The van der Waals surface area contributed by atoms with Crippen molar-refractivity contribution < 1.29 is 4.74 Å². The van der Waals surface area contributed by atoms with Crippen LogP contribution >= 0.6 is 22.6 Å². The van der Waals surface area contributed by atoms with Crippen molar-refractivity contribution in [2.24, 2.45) is 0 Å². The van der Waals surface area contributed by atoms with E-state index in [1.165, 1.54) is 5.56 Å². The monoisotopic (exact) mass is 279 g/mol. The molecule has 0 amide bonds. The van der Waals surface area contributed by atoms with Crippen LogP contribution in [0, 0.1) is 0 Å². The Morgan fingerprint density at radius 3 is 2.42 bits per heavy atom. The molecule has 0 fully saturated rings. The molecule has 0 unspecified atom stereocenters. The molecular weight excluding hydrogens is 265 g/mol. The summed E-state index contributed by atoms with van der Waals surface area (Å²) in [4.78, 5) is 6.02. The van der Waals surface area contributed by atoms with E-state index in [1.54, 1.807) is 7.11 Å². The number of halogens is 1. The number of rotatable bonds is 2. The Morgan fingerprint density at radius 1 is 1.42 bits per heavy atom. The first-order valence-electron chi connectivity index (χ1n) is 3.73. The fourth-order valence-corrected chi connectivity index (χ4v) is 0.741. The number of aryl methyl sites for hydroxylation is 1. The maximum Gasteiger partial charge on any atom is 0.212 e. The zero-order valence-corrected chi connectivity index (χ0v) is 9.83. The van der Waals surface area contributed by atoms with Crippen LogP contribution < -0.4 is 4.74 Å². The SMILES string of the molecule is CCc1ccc(OC)nc1.CI. The van der Waals surface area contributed by atoms with E-state index in [9.17, 15) is 0 Å². The maximum atomic E-state index is 4.90. The number of nitrogens with zero attached hydrogens (tertiary/aromatic N) is 1. The molecule has 0 aliphatic carbocycles. The summed E-state index contributed by atoms with van der Waals surface area (Å²) < 4.78 is 4.90. The van der Waals surface area contributed by atoms with Crippen molar-refractivity contribution in [3.8, 4) is 5.88 Å². The highest BCUT2D eigenvalue weighted by atomic mass is 127. The first-order valence-corrected chi connectivity index (χ1v) is 5.89. The molecule has 0 N–H and O–H groups in total. The number of hydrogen-bond acceptors (Lipinski definition) is 2. The van der Waals surface area contributed by atoms with Crippen molar-refractivity contribution in [2.45, 2.75) is 13.3 Å². The van der Waals surface area contributed by atoms with Crippen molar-refractivity contribution in [3.05, 3.63) is 23.9 Å². The van der Waals surface area contributed by atoms with E-state index >= 15 is 0 Å². The minimum absolute atomic E-state index is 0.678. The molecule has 1 aromatic rings. The summed E-state index contributed by atoms with van der Waals surface area (Å²) >= 11 is 2.15. The molecule has 0 atom stereocenters. The Morgan fingerprint density at radius 2 is 2.08 bits per heavy atom. The van der Waals surface area contributed by atoms with Gasteiger partial charge in [0.1, 0.15) is 0 Å². The molecule has 12 heavy (non-hydrogen) atoms. The fourth-order valence-electron chi connectivity index (χ4n) is 0.741. The van der Waals surface area contributed by atoms with Gasteiger partial charge in [0.15, 0.2) is 0 Å². The van der Waals surface area contributed by atoms with Crippen LogP contribution in [0.3, 0.4) is 0 Å². The Labute approximate surface area is 87.5 Å². The summed E-state index contributed by atoms with van der Waals surface area (Å²) in [5, 5.41) is 0.